The molecule has 0 aliphatic rings. The summed E-state index contributed by atoms with van der Waals surface area (Å²) in [5.74, 6) is 0. The van der Waals surface area contributed by atoms with E-state index < -0.39 is 0 Å². The molecule has 0 N–H and O–H groups in total. The number of hydrogen-bond donors (Lipinski definition) is 0. The molecule has 11 aromatic rings. The maximum atomic E-state index is 2.37. The summed E-state index contributed by atoms with van der Waals surface area (Å²) in [6.45, 7) is 0. The van der Waals surface area contributed by atoms with Gasteiger partial charge in [0.15, 0.2) is 0 Å². The summed E-state index contributed by atoms with van der Waals surface area (Å²) in [4.78, 5) is 2.37. The Labute approximate surface area is 340 Å². The molecule has 0 amide bonds. The van der Waals surface area contributed by atoms with E-state index in [1.807, 2.05) is 22.7 Å². The number of benzene rings is 9. The van der Waals surface area contributed by atoms with E-state index in [1.54, 1.807) is 0 Å². The van der Waals surface area contributed by atoms with E-state index in [2.05, 4.69) is 217 Å². The fraction of sp³-hybridized carbons (Fsp3) is 0. The maximum absolute atomic E-state index is 2.37. The van der Waals surface area contributed by atoms with Crippen LogP contribution in [-0.2, 0) is 0 Å². The molecule has 0 radical (unpaired) electrons. The molecule has 9 aromatic carbocycles. The molecule has 0 saturated heterocycles. The van der Waals surface area contributed by atoms with Crippen molar-refractivity contribution in [2.24, 2.45) is 0 Å². The molecule has 268 valence electrons. The van der Waals surface area contributed by atoms with Gasteiger partial charge >= 0.3 is 0 Å². The van der Waals surface area contributed by atoms with Crippen molar-refractivity contribution in [1.29, 1.82) is 0 Å². The highest BCUT2D eigenvalue weighted by Crippen LogP contribution is 2.43. The van der Waals surface area contributed by atoms with Gasteiger partial charge in [-0.3, -0.25) is 0 Å². The van der Waals surface area contributed by atoms with E-state index >= 15 is 0 Å². The van der Waals surface area contributed by atoms with Crippen LogP contribution in [0.4, 0.5) is 17.1 Å². The summed E-state index contributed by atoms with van der Waals surface area (Å²) in [7, 11) is 0. The Kier molecular flexibility index (Phi) is 8.28. The molecule has 0 atom stereocenters. The lowest BCUT2D eigenvalue weighted by Gasteiger charge is -2.26. The highest BCUT2D eigenvalue weighted by Gasteiger charge is 2.16. The van der Waals surface area contributed by atoms with Crippen LogP contribution in [0.1, 0.15) is 0 Å². The van der Waals surface area contributed by atoms with Crippen molar-refractivity contribution in [2.45, 2.75) is 0 Å². The number of rotatable bonds is 7. The van der Waals surface area contributed by atoms with Gasteiger partial charge in [-0.15, -0.1) is 22.7 Å². The van der Waals surface area contributed by atoms with Crippen molar-refractivity contribution in [3.05, 3.63) is 212 Å². The lowest BCUT2D eigenvalue weighted by atomic mass is 9.98. The molecule has 0 bridgehead atoms. The van der Waals surface area contributed by atoms with Crippen molar-refractivity contribution in [2.75, 3.05) is 4.90 Å². The standard InChI is InChI=1S/C54H35NS2/c1-2-10-36(11-3-1)40-12-8-13-41(34-40)37-20-27-43(28-21-37)55(44-29-22-38(23-30-44)42-26-33-53-50(35-42)48-15-5-6-18-51(48)56-53)45-31-24-39(25-32-45)46-16-9-17-49-47-14-4-7-19-52(47)57-54(46)49/h1-35H. The molecule has 0 aliphatic carbocycles. The first-order valence-electron chi connectivity index (χ1n) is 19.3. The summed E-state index contributed by atoms with van der Waals surface area (Å²) in [5, 5.41) is 5.29. The van der Waals surface area contributed by atoms with Crippen LogP contribution in [0.15, 0.2) is 212 Å². The Bertz CT molecular complexity index is 3210. The first kappa shape index (κ1) is 33.5. The van der Waals surface area contributed by atoms with Gasteiger partial charge in [-0.05, 0) is 111 Å². The normalized spacial score (nSPS) is 11.5. The van der Waals surface area contributed by atoms with Crippen LogP contribution in [0.3, 0.4) is 0 Å². The molecule has 0 spiro atoms. The van der Waals surface area contributed by atoms with E-state index in [0.29, 0.717) is 0 Å². The lowest BCUT2D eigenvalue weighted by molar-refractivity contribution is 1.28. The van der Waals surface area contributed by atoms with Crippen LogP contribution in [0.5, 0.6) is 0 Å². The fourth-order valence-corrected chi connectivity index (χ4v) is 10.6. The van der Waals surface area contributed by atoms with Crippen molar-refractivity contribution in [3.8, 4) is 44.5 Å². The zero-order chi connectivity index (χ0) is 37.7. The lowest BCUT2D eigenvalue weighted by Crippen LogP contribution is -2.09. The Morgan fingerprint density at radius 2 is 0.702 bits per heavy atom. The number of thiophene rings is 2. The molecule has 2 heterocycles. The van der Waals surface area contributed by atoms with Crippen LogP contribution >= 0.6 is 22.7 Å². The third kappa shape index (κ3) is 6.09. The predicted molar refractivity (Wildman–Crippen MR) is 249 cm³/mol. The largest absolute Gasteiger partial charge is 0.311 e. The summed E-state index contributed by atoms with van der Waals surface area (Å²) in [6.07, 6.45) is 0. The number of fused-ring (bicyclic) bond motifs is 6. The van der Waals surface area contributed by atoms with Crippen LogP contribution in [0, 0.1) is 0 Å². The number of nitrogens with zero attached hydrogens (tertiary/aromatic N) is 1. The van der Waals surface area contributed by atoms with Crippen molar-refractivity contribution < 1.29 is 0 Å². The van der Waals surface area contributed by atoms with Gasteiger partial charge in [0.2, 0.25) is 0 Å². The average Bonchev–Trinajstić information content (AvgIpc) is 3.86. The Morgan fingerprint density at radius 3 is 1.35 bits per heavy atom. The van der Waals surface area contributed by atoms with E-state index in [-0.39, 0.29) is 0 Å². The average molecular weight is 762 g/mol. The van der Waals surface area contributed by atoms with Crippen LogP contribution in [-0.4, -0.2) is 0 Å². The van der Waals surface area contributed by atoms with Gasteiger partial charge < -0.3 is 4.90 Å². The summed E-state index contributed by atoms with van der Waals surface area (Å²) in [5.41, 5.74) is 13.1. The maximum Gasteiger partial charge on any atom is 0.0462 e. The van der Waals surface area contributed by atoms with Crippen LogP contribution in [0.2, 0.25) is 0 Å². The molecular formula is C54H35NS2. The van der Waals surface area contributed by atoms with Crippen molar-refractivity contribution in [1.82, 2.24) is 0 Å². The zero-order valence-electron chi connectivity index (χ0n) is 31.0. The van der Waals surface area contributed by atoms with Crippen molar-refractivity contribution in [3.63, 3.8) is 0 Å². The van der Waals surface area contributed by atoms with E-state index in [1.165, 1.54) is 84.9 Å². The van der Waals surface area contributed by atoms with Gasteiger partial charge in [0.05, 0.1) is 0 Å². The second-order valence-electron chi connectivity index (χ2n) is 14.5. The summed E-state index contributed by atoms with van der Waals surface area (Å²) >= 11 is 3.74. The predicted octanol–water partition coefficient (Wildman–Crippen LogP) is 16.6. The molecule has 3 heteroatoms. The minimum Gasteiger partial charge on any atom is -0.311 e. The number of anilines is 3. The third-order valence-corrected chi connectivity index (χ3v) is 13.5. The van der Waals surface area contributed by atoms with E-state index in [4.69, 9.17) is 0 Å². The Balaban J connectivity index is 0.974. The molecule has 0 saturated carbocycles. The van der Waals surface area contributed by atoms with Crippen LogP contribution in [0.25, 0.3) is 84.9 Å². The van der Waals surface area contributed by atoms with Crippen LogP contribution < -0.4 is 4.90 Å². The smallest absolute Gasteiger partial charge is 0.0462 e. The topological polar surface area (TPSA) is 3.24 Å². The third-order valence-electron chi connectivity index (χ3n) is 11.1. The second kappa shape index (κ2) is 14.1. The highest BCUT2D eigenvalue weighted by atomic mass is 32.1. The van der Waals surface area contributed by atoms with Gasteiger partial charge in [-0.25, -0.2) is 0 Å². The molecule has 1 nitrogen and oxygen atoms in total. The molecular weight excluding hydrogens is 727 g/mol. The monoisotopic (exact) mass is 761 g/mol. The Morgan fingerprint density at radius 1 is 0.263 bits per heavy atom. The highest BCUT2D eigenvalue weighted by molar-refractivity contribution is 7.26. The molecule has 2 aromatic heterocycles. The van der Waals surface area contributed by atoms with E-state index in [0.717, 1.165) is 17.1 Å². The molecule has 11 rings (SSSR count). The minimum atomic E-state index is 1.11. The Hall–Kier alpha value is -6.78. The quantitative estimate of drug-likeness (QED) is 0.156. The first-order valence-corrected chi connectivity index (χ1v) is 21.0. The van der Waals surface area contributed by atoms with Gasteiger partial charge in [-0.1, -0.05) is 146 Å². The molecule has 0 aliphatic heterocycles. The van der Waals surface area contributed by atoms with Gasteiger partial charge in [0.25, 0.3) is 0 Å². The van der Waals surface area contributed by atoms with E-state index in [9.17, 15) is 0 Å². The zero-order valence-corrected chi connectivity index (χ0v) is 32.6. The summed E-state index contributed by atoms with van der Waals surface area (Å²) < 4.78 is 5.31. The molecule has 0 fully saturated rings. The SMILES string of the molecule is c1ccc(-c2cccc(-c3ccc(N(c4ccc(-c5ccc6sc7ccccc7c6c5)cc4)c4ccc(-c5cccc6c5sc5ccccc56)cc4)cc3)c2)cc1. The second-order valence-corrected chi connectivity index (χ2v) is 16.6. The van der Waals surface area contributed by atoms with Gasteiger partial charge in [-0.2, -0.15) is 0 Å². The van der Waals surface area contributed by atoms with Gasteiger partial charge in [0, 0.05) is 57.4 Å². The summed E-state index contributed by atoms with van der Waals surface area (Å²) in [6, 6.07) is 77.5. The fourth-order valence-electron chi connectivity index (χ4n) is 8.23. The molecule has 57 heavy (non-hydrogen) atoms. The molecule has 0 unspecified atom stereocenters. The van der Waals surface area contributed by atoms with Crippen molar-refractivity contribution >= 4 is 80.1 Å². The first-order chi connectivity index (χ1) is 28.2. The van der Waals surface area contributed by atoms with Gasteiger partial charge in [0.1, 0.15) is 0 Å². The number of hydrogen-bond acceptors (Lipinski definition) is 3. The minimum absolute atomic E-state index is 1.11.